The van der Waals surface area contributed by atoms with Gasteiger partial charge in [-0.25, -0.2) is 14.5 Å². The van der Waals surface area contributed by atoms with E-state index in [1.165, 1.54) is 12.4 Å². The molecule has 2 heterocycles. The van der Waals surface area contributed by atoms with Crippen LogP contribution in [0, 0.1) is 0 Å². The van der Waals surface area contributed by atoms with Crippen molar-refractivity contribution in [2.75, 3.05) is 6.61 Å². The van der Waals surface area contributed by atoms with Gasteiger partial charge in [0.25, 0.3) is 0 Å². The highest BCUT2D eigenvalue weighted by atomic mass is 35.5. The Morgan fingerprint density at radius 2 is 2.14 bits per heavy atom. The summed E-state index contributed by atoms with van der Waals surface area (Å²) in [6.07, 6.45) is -1.39. The molecule has 0 atom stereocenters. The number of hydrogen-bond donors (Lipinski definition) is 0. The van der Waals surface area contributed by atoms with Crippen LogP contribution in [-0.4, -0.2) is 27.3 Å². The van der Waals surface area contributed by atoms with Crippen molar-refractivity contribution in [1.29, 1.82) is 0 Å². The summed E-state index contributed by atoms with van der Waals surface area (Å²) in [7, 11) is 0. The van der Waals surface area contributed by atoms with Crippen LogP contribution in [0.15, 0.2) is 24.7 Å². The molecule has 0 amide bonds. The van der Waals surface area contributed by atoms with Crippen LogP contribution in [0.25, 0.3) is 5.82 Å². The minimum Gasteiger partial charge on any atom is -0.462 e. The fraction of sp³-hybridized carbons (Fsp3) is 0.250. The number of halogens is 4. The molecule has 0 saturated carbocycles. The van der Waals surface area contributed by atoms with Crippen LogP contribution in [0.2, 0.25) is 5.02 Å². The van der Waals surface area contributed by atoms with E-state index in [0.29, 0.717) is 6.20 Å². The number of hydrogen-bond acceptors (Lipinski definition) is 4. The Balaban J connectivity index is 2.33. The average molecular weight is 320 g/mol. The van der Waals surface area contributed by atoms with Gasteiger partial charge in [0.05, 0.1) is 29.0 Å². The Bertz CT molecular complexity index is 670. The predicted octanol–water partition coefficient (Wildman–Crippen LogP) is 3.12. The van der Waals surface area contributed by atoms with Gasteiger partial charge in [0, 0.05) is 12.4 Å². The standard InChI is InChI=1S/C12H9ClF3N3O2/c1-2-21-11(20)7-4-18-19(6-7)10-9(13)3-8(5-17-10)12(14,15)16/h3-6H,2H2,1H3. The highest BCUT2D eigenvalue weighted by Crippen LogP contribution is 2.31. The minimum absolute atomic E-state index is 0.0137. The average Bonchev–Trinajstić information content (AvgIpc) is 2.87. The van der Waals surface area contributed by atoms with E-state index in [4.69, 9.17) is 16.3 Å². The summed E-state index contributed by atoms with van der Waals surface area (Å²) < 4.78 is 43.4. The summed E-state index contributed by atoms with van der Waals surface area (Å²) in [5, 5.41) is 3.60. The van der Waals surface area contributed by atoms with Gasteiger partial charge in [-0.1, -0.05) is 11.6 Å². The molecular weight excluding hydrogens is 311 g/mol. The van der Waals surface area contributed by atoms with Gasteiger partial charge in [0.2, 0.25) is 0 Å². The third-order valence-corrected chi connectivity index (χ3v) is 2.74. The first-order valence-corrected chi connectivity index (χ1v) is 6.15. The molecule has 9 heteroatoms. The van der Waals surface area contributed by atoms with Gasteiger partial charge in [0.1, 0.15) is 0 Å². The molecule has 2 rings (SSSR count). The number of carbonyl (C=O) groups is 1. The smallest absolute Gasteiger partial charge is 0.417 e. The fourth-order valence-corrected chi connectivity index (χ4v) is 1.77. The molecule has 0 aromatic carbocycles. The number of ether oxygens (including phenoxy) is 1. The van der Waals surface area contributed by atoms with Crippen molar-refractivity contribution in [2.45, 2.75) is 13.1 Å². The van der Waals surface area contributed by atoms with Crippen molar-refractivity contribution in [3.63, 3.8) is 0 Å². The summed E-state index contributed by atoms with van der Waals surface area (Å²) in [5.74, 6) is -0.605. The summed E-state index contributed by atoms with van der Waals surface area (Å²) in [5.41, 5.74) is -0.816. The van der Waals surface area contributed by atoms with E-state index >= 15 is 0 Å². The molecule has 0 saturated heterocycles. The zero-order chi connectivity index (χ0) is 15.6. The molecule has 0 radical (unpaired) electrons. The van der Waals surface area contributed by atoms with E-state index in [2.05, 4.69) is 10.1 Å². The van der Waals surface area contributed by atoms with Crippen molar-refractivity contribution >= 4 is 17.6 Å². The molecule has 0 aliphatic heterocycles. The molecule has 0 N–H and O–H groups in total. The molecule has 2 aromatic rings. The Morgan fingerprint density at radius 3 is 2.71 bits per heavy atom. The van der Waals surface area contributed by atoms with Crippen LogP contribution < -0.4 is 0 Å². The first-order valence-electron chi connectivity index (χ1n) is 5.78. The van der Waals surface area contributed by atoms with Crippen molar-refractivity contribution in [2.24, 2.45) is 0 Å². The van der Waals surface area contributed by atoms with E-state index in [1.807, 2.05) is 0 Å². The summed E-state index contributed by atoms with van der Waals surface area (Å²) >= 11 is 5.78. The molecule has 5 nitrogen and oxygen atoms in total. The van der Waals surface area contributed by atoms with E-state index in [0.717, 1.165) is 10.7 Å². The number of pyridine rings is 1. The lowest BCUT2D eigenvalue weighted by molar-refractivity contribution is -0.137. The predicted molar refractivity (Wildman–Crippen MR) is 67.3 cm³/mol. The Kier molecular flexibility index (Phi) is 4.17. The van der Waals surface area contributed by atoms with Gasteiger partial charge in [-0.3, -0.25) is 0 Å². The highest BCUT2D eigenvalue weighted by molar-refractivity contribution is 6.32. The Labute approximate surface area is 122 Å². The number of carbonyl (C=O) groups excluding carboxylic acids is 1. The van der Waals surface area contributed by atoms with E-state index in [1.54, 1.807) is 6.92 Å². The SMILES string of the molecule is CCOC(=O)c1cnn(-c2ncc(C(F)(F)F)cc2Cl)c1. The second-order valence-electron chi connectivity index (χ2n) is 3.92. The molecular formula is C12H9ClF3N3O2. The molecule has 0 spiro atoms. The number of aromatic nitrogens is 3. The molecule has 112 valence electrons. The first-order chi connectivity index (χ1) is 9.82. The zero-order valence-electron chi connectivity index (χ0n) is 10.7. The first kappa shape index (κ1) is 15.3. The van der Waals surface area contributed by atoms with Crippen LogP contribution in [0.4, 0.5) is 13.2 Å². The van der Waals surface area contributed by atoms with Crippen molar-refractivity contribution in [3.8, 4) is 5.82 Å². The lowest BCUT2D eigenvalue weighted by Crippen LogP contribution is -2.08. The van der Waals surface area contributed by atoms with Crippen LogP contribution in [0.5, 0.6) is 0 Å². The van der Waals surface area contributed by atoms with Gasteiger partial charge >= 0.3 is 12.1 Å². The summed E-state index contributed by atoms with van der Waals surface area (Å²) in [6, 6.07) is 0.746. The monoisotopic (exact) mass is 319 g/mol. The lowest BCUT2D eigenvalue weighted by atomic mass is 10.3. The van der Waals surface area contributed by atoms with Crippen molar-refractivity contribution < 1.29 is 22.7 Å². The second-order valence-corrected chi connectivity index (χ2v) is 4.33. The maximum atomic E-state index is 12.5. The molecule has 0 bridgehead atoms. The van der Waals surface area contributed by atoms with Gasteiger partial charge in [-0.15, -0.1) is 0 Å². The van der Waals surface area contributed by atoms with Gasteiger partial charge in [0.15, 0.2) is 5.82 Å². The van der Waals surface area contributed by atoms with Crippen LogP contribution in [0.3, 0.4) is 0 Å². The topological polar surface area (TPSA) is 57.0 Å². The number of esters is 1. The molecule has 0 unspecified atom stereocenters. The Morgan fingerprint density at radius 1 is 1.43 bits per heavy atom. The number of rotatable bonds is 3. The molecule has 21 heavy (non-hydrogen) atoms. The molecule has 0 aliphatic carbocycles. The van der Waals surface area contributed by atoms with Crippen LogP contribution in [0.1, 0.15) is 22.8 Å². The van der Waals surface area contributed by atoms with Crippen LogP contribution >= 0.6 is 11.6 Å². The maximum Gasteiger partial charge on any atom is 0.417 e. The van der Waals surface area contributed by atoms with E-state index < -0.39 is 17.7 Å². The molecule has 2 aromatic heterocycles. The highest BCUT2D eigenvalue weighted by Gasteiger charge is 2.31. The maximum absolute atomic E-state index is 12.5. The van der Waals surface area contributed by atoms with Gasteiger partial charge < -0.3 is 4.74 Å². The van der Waals surface area contributed by atoms with Crippen LogP contribution in [-0.2, 0) is 10.9 Å². The molecule has 0 fully saturated rings. The van der Waals surface area contributed by atoms with Crippen molar-refractivity contribution in [1.82, 2.24) is 14.8 Å². The third-order valence-electron chi connectivity index (χ3n) is 2.46. The number of nitrogens with zero attached hydrogens (tertiary/aromatic N) is 3. The van der Waals surface area contributed by atoms with E-state index in [9.17, 15) is 18.0 Å². The zero-order valence-corrected chi connectivity index (χ0v) is 11.4. The fourth-order valence-electron chi connectivity index (χ4n) is 1.51. The summed E-state index contributed by atoms with van der Waals surface area (Å²) in [6.45, 7) is 1.85. The van der Waals surface area contributed by atoms with Gasteiger partial charge in [-0.2, -0.15) is 18.3 Å². The third kappa shape index (κ3) is 3.33. The lowest BCUT2D eigenvalue weighted by Gasteiger charge is -2.08. The number of alkyl halides is 3. The molecule has 0 aliphatic rings. The quantitative estimate of drug-likeness (QED) is 0.816. The Hall–Kier alpha value is -2.09. The van der Waals surface area contributed by atoms with E-state index in [-0.39, 0.29) is 23.0 Å². The largest absolute Gasteiger partial charge is 0.462 e. The van der Waals surface area contributed by atoms with Crippen molar-refractivity contribution in [3.05, 3.63) is 40.8 Å². The normalized spacial score (nSPS) is 11.5. The minimum atomic E-state index is -4.53. The van der Waals surface area contributed by atoms with Gasteiger partial charge in [-0.05, 0) is 13.0 Å². The summed E-state index contributed by atoms with van der Waals surface area (Å²) in [4.78, 5) is 15.1. The second kappa shape index (κ2) is 5.72.